The molecule has 154 valence electrons. The van der Waals surface area contributed by atoms with Gasteiger partial charge in [-0.3, -0.25) is 0 Å². The lowest BCUT2D eigenvalue weighted by atomic mass is 9.87. The molecule has 0 N–H and O–H groups in total. The normalized spacial score (nSPS) is 12.4. The molecule has 0 aliphatic heterocycles. The van der Waals surface area contributed by atoms with Crippen molar-refractivity contribution in [2.75, 3.05) is 0 Å². The van der Waals surface area contributed by atoms with Gasteiger partial charge in [-0.2, -0.15) is 0 Å². The number of hydrogen-bond donors (Lipinski definition) is 0. The average molecular weight is 482 g/mol. The third-order valence-electron chi connectivity index (χ3n) is 5.26. The highest BCUT2D eigenvalue weighted by Gasteiger charge is 2.25. The maximum absolute atomic E-state index is 13.8. The molecule has 1 heterocycles. The molecule has 0 bridgehead atoms. The second-order valence-electron chi connectivity index (χ2n) is 8.55. The SMILES string of the molecule is CC(C)(C)c1cccc(S(=O)(=O)n2c(Cc3ccccc3)cc3cc(Br)ccc32)c1. The average Bonchev–Trinajstić information content (AvgIpc) is 3.05. The van der Waals surface area contributed by atoms with E-state index in [9.17, 15) is 8.42 Å². The fourth-order valence-electron chi connectivity index (χ4n) is 3.66. The summed E-state index contributed by atoms with van der Waals surface area (Å²) in [6, 6.07) is 24.9. The summed E-state index contributed by atoms with van der Waals surface area (Å²) in [4.78, 5) is 0.310. The molecule has 0 atom stereocenters. The number of rotatable bonds is 4. The first-order valence-corrected chi connectivity index (χ1v) is 12.1. The summed E-state index contributed by atoms with van der Waals surface area (Å²) in [5, 5.41) is 0.894. The number of fused-ring (bicyclic) bond motifs is 1. The van der Waals surface area contributed by atoms with Crippen LogP contribution < -0.4 is 0 Å². The molecule has 4 aromatic rings. The molecule has 5 heteroatoms. The zero-order valence-electron chi connectivity index (χ0n) is 17.3. The summed E-state index contributed by atoms with van der Waals surface area (Å²) in [7, 11) is -3.77. The molecule has 1 aromatic heterocycles. The summed E-state index contributed by atoms with van der Waals surface area (Å²) in [6.45, 7) is 6.26. The van der Waals surface area contributed by atoms with E-state index < -0.39 is 10.0 Å². The van der Waals surface area contributed by atoms with Crippen LogP contribution in [0, 0.1) is 0 Å². The van der Waals surface area contributed by atoms with Gasteiger partial charge in [-0.1, -0.05) is 79.2 Å². The zero-order chi connectivity index (χ0) is 21.5. The Hall–Kier alpha value is -2.37. The van der Waals surface area contributed by atoms with Gasteiger partial charge in [0.25, 0.3) is 10.0 Å². The van der Waals surface area contributed by atoms with Crippen LogP contribution in [0.5, 0.6) is 0 Å². The van der Waals surface area contributed by atoms with Gasteiger partial charge < -0.3 is 0 Å². The smallest absolute Gasteiger partial charge is 0.238 e. The fraction of sp³-hybridized carbons (Fsp3) is 0.200. The van der Waals surface area contributed by atoms with Gasteiger partial charge >= 0.3 is 0 Å². The standard InChI is InChI=1S/C25H24BrNO2S/c1-25(2,3)20-10-7-11-23(17-20)30(28,29)27-22(14-18-8-5-4-6-9-18)16-19-15-21(26)12-13-24(19)27/h4-13,15-17H,14H2,1-3H3. The second-order valence-corrected chi connectivity index (χ2v) is 11.3. The largest absolute Gasteiger partial charge is 0.268 e. The molecule has 0 aliphatic rings. The zero-order valence-corrected chi connectivity index (χ0v) is 19.7. The highest BCUT2D eigenvalue weighted by molar-refractivity contribution is 9.10. The van der Waals surface area contributed by atoms with Gasteiger partial charge in [0.15, 0.2) is 0 Å². The van der Waals surface area contributed by atoms with E-state index in [1.807, 2.05) is 66.7 Å². The van der Waals surface area contributed by atoms with Crippen LogP contribution in [-0.2, 0) is 21.9 Å². The molecule has 0 unspecified atom stereocenters. The molecule has 0 aliphatic carbocycles. The van der Waals surface area contributed by atoms with Crippen LogP contribution in [-0.4, -0.2) is 12.4 Å². The Morgan fingerprint density at radius 1 is 0.867 bits per heavy atom. The fourth-order valence-corrected chi connectivity index (χ4v) is 5.63. The molecule has 0 radical (unpaired) electrons. The maximum atomic E-state index is 13.8. The van der Waals surface area contributed by atoms with Crippen LogP contribution in [0.4, 0.5) is 0 Å². The minimum Gasteiger partial charge on any atom is -0.238 e. The molecule has 4 rings (SSSR count). The third-order valence-corrected chi connectivity index (χ3v) is 7.51. The van der Waals surface area contributed by atoms with E-state index in [4.69, 9.17) is 0 Å². The Bertz CT molecular complexity index is 1320. The van der Waals surface area contributed by atoms with Crippen LogP contribution in [0.15, 0.2) is 88.2 Å². The van der Waals surface area contributed by atoms with Crippen molar-refractivity contribution in [2.45, 2.75) is 37.5 Å². The van der Waals surface area contributed by atoms with Gasteiger partial charge in [0.2, 0.25) is 0 Å². The Kier molecular flexibility index (Phi) is 5.37. The van der Waals surface area contributed by atoms with Crippen molar-refractivity contribution in [3.8, 4) is 0 Å². The van der Waals surface area contributed by atoms with Gasteiger partial charge in [-0.25, -0.2) is 12.4 Å². The maximum Gasteiger partial charge on any atom is 0.268 e. The number of benzene rings is 3. The van der Waals surface area contributed by atoms with Crippen molar-refractivity contribution < 1.29 is 8.42 Å². The van der Waals surface area contributed by atoms with Crippen molar-refractivity contribution in [3.63, 3.8) is 0 Å². The minimum atomic E-state index is -3.77. The highest BCUT2D eigenvalue weighted by Crippen LogP contribution is 2.31. The Morgan fingerprint density at radius 3 is 2.30 bits per heavy atom. The van der Waals surface area contributed by atoms with Gasteiger partial charge in [0, 0.05) is 22.0 Å². The number of hydrogen-bond acceptors (Lipinski definition) is 2. The highest BCUT2D eigenvalue weighted by atomic mass is 79.9. The lowest BCUT2D eigenvalue weighted by molar-refractivity contribution is 0.580. The van der Waals surface area contributed by atoms with Crippen molar-refractivity contribution >= 4 is 36.9 Å². The molecule has 0 amide bonds. The van der Waals surface area contributed by atoms with Gasteiger partial charge in [0.05, 0.1) is 10.4 Å². The first-order valence-electron chi connectivity index (χ1n) is 9.86. The third kappa shape index (κ3) is 3.96. The van der Waals surface area contributed by atoms with Gasteiger partial charge in [-0.15, -0.1) is 0 Å². The predicted octanol–water partition coefficient (Wildman–Crippen LogP) is 6.53. The lowest BCUT2D eigenvalue weighted by Gasteiger charge is -2.20. The van der Waals surface area contributed by atoms with Gasteiger partial charge in [-0.05, 0) is 52.9 Å². The van der Waals surface area contributed by atoms with Crippen LogP contribution in [0.3, 0.4) is 0 Å². The van der Waals surface area contributed by atoms with E-state index in [1.165, 1.54) is 3.97 Å². The van der Waals surface area contributed by atoms with Crippen molar-refractivity contribution in [1.82, 2.24) is 3.97 Å². The predicted molar refractivity (Wildman–Crippen MR) is 127 cm³/mol. The molecule has 3 nitrogen and oxygen atoms in total. The summed E-state index contributed by atoms with van der Waals surface area (Å²) in [5.41, 5.74) is 3.36. The van der Waals surface area contributed by atoms with E-state index in [0.29, 0.717) is 16.8 Å². The van der Waals surface area contributed by atoms with Crippen molar-refractivity contribution in [1.29, 1.82) is 0 Å². The number of aromatic nitrogens is 1. The van der Waals surface area contributed by atoms with Crippen LogP contribution in [0.25, 0.3) is 10.9 Å². The Labute approximate surface area is 186 Å². The second kappa shape index (κ2) is 7.71. The molecular formula is C25H24BrNO2S. The number of nitrogens with zero attached hydrogens (tertiary/aromatic N) is 1. The van der Waals surface area contributed by atoms with Crippen molar-refractivity contribution in [3.05, 3.63) is 100 Å². The first-order chi connectivity index (χ1) is 14.2. The van der Waals surface area contributed by atoms with E-state index in [1.54, 1.807) is 12.1 Å². The molecule has 0 fully saturated rings. The van der Waals surface area contributed by atoms with Crippen LogP contribution in [0.1, 0.15) is 37.6 Å². The van der Waals surface area contributed by atoms with Crippen LogP contribution >= 0.6 is 15.9 Å². The first kappa shape index (κ1) is 20.9. The van der Waals surface area contributed by atoms with Gasteiger partial charge in [0.1, 0.15) is 0 Å². The quantitative estimate of drug-likeness (QED) is 0.332. The summed E-state index contributed by atoms with van der Waals surface area (Å²) in [5.74, 6) is 0. The molecule has 3 aromatic carbocycles. The molecule has 0 saturated heterocycles. The molecule has 30 heavy (non-hydrogen) atoms. The monoisotopic (exact) mass is 481 g/mol. The minimum absolute atomic E-state index is 0.137. The summed E-state index contributed by atoms with van der Waals surface area (Å²) >= 11 is 3.50. The molecule has 0 saturated carbocycles. The van der Waals surface area contributed by atoms with Crippen LogP contribution in [0.2, 0.25) is 0 Å². The lowest BCUT2D eigenvalue weighted by Crippen LogP contribution is -2.18. The van der Waals surface area contributed by atoms with E-state index >= 15 is 0 Å². The Balaban J connectivity index is 1.93. The Morgan fingerprint density at radius 2 is 1.60 bits per heavy atom. The molecular weight excluding hydrogens is 458 g/mol. The topological polar surface area (TPSA) is 39.1 Å². The molecule has 0 spiro atoms. The van der Waals surface area contributed by atoms with E-state index in [-0.39, 0.29) is 5.41 Å². The van der Waals surface area contributed by atoms with E-state index in [0.717, 1.165) is 26.7 Å². The summed E-state index contributed by atoms with van der Waals surface area (Å²) < 4.78 is 30.1. The summed E-state index contributed by atoms with van der Waals surface area (Å²) in [6.07, 6.45) is 0.533. The van der Waals surface area contributed by atoms with E-state index in [2.05, 4.69) is 36.7 Å². The van der Waals surface area contributed by atoms with Crippen molar-refractivity contribution in [2.24, 2.45) is 0 Å². The number of halogens is 1.